The standard InChI is InChI=1S/C82H78N2O4S2.C2H6/c1-5-63(79-54-66-50-72(35-38-77(66)89-79)83(68-28-8-6-9-29-68)70-32-16-20-57(2)46-70)52-75-59(4)74-37-34-64(80-55-67-51-73(36-39-78(67)90-80)84(69-30-10-7-11-31-69)71-33-17-21-58(3)47-71)53-76(74)82(75,40-14-12-22-60-24-18-26-62(48-60)56-86-43-42-85)41-15-13-23-61-25-19-27-65(49-61)81-87-44-45-88-81;1-2/h5-11,16-21,24-39,46-55,81,85H,1,12-15,22-23,40-45,56H2,2-4H3;1-2H3/b63-52+;. The van der Waals surface area contributed by atoms with Gasteiger partial charge in [0.05, 0.1) is 33.0 Å². The zero-order chi connectivity index (χ0) is 63.4. The van der Waals surface area contributed by atoms with E-state index in [-0.39, 0.29) is 18.3 Å². The zero-order valence-electron chi connectivity index (χ0n) is 53.9. The monoisotopic (exact) mass is 1250 g/mol. The fourth-order valence-electron chi connectivity index (χ4n) is 13.7. The van der Waals surface area contributed by atoms with Crippen LogP contribution in [-0.2, 0) is 39.1 Å². The fourth-order valence-corrected chi connectivity index (χ4v) is 15.8. The van der Waals surface area contributed by atoms with E-state index < -0.39 is 0 Å². The number of aliphatic hydroxyl groups excluding tert-OH is 1. The summed E-state index contributed by atoms with van der Waals surface area (Å²) in [6.07, 6.45) is 12.4. The predicted molar refractivity (Wildman–Crippen MR) is 391 cm³/mol. The normalized spacial score (nSPS) is 14.8. The van der Waals surface area contributed by atoms with Crippen LogP contribution in [0.15, 0.2) is 249 Å². The molecule has 92 heavy (non-hydrogen) atoms. The number of hydrogen-bond donors (Lipinski definition) is 1. The molecule has 6 nitrogen and oxygen atoms in total. The smallest absolute Gasteiger partial charge is 0.184 e. The molecule has 11 aromatic rings. The first-order valence-electron chi connectivity index (χ1n) is 32.9. The molecule has 8 heteroatoms. The van der Waals surface area contributed by atoms with Crippen molar-refractivity contribution >= 4 is 88.1 Å². The van der Waals surface area contributed by atoms with E-state index in [1.807, 2.05) is 36.5 Å². The summed E-state index contributed by atoms with van der Waals surface area (Å²) < 4.78 is 20.2. The lowest BCUT2D eigenvalue weighted by molar-refractivity contribution is -0.0441. The van der Waals surface area contributed by atoms with E-state index in [0.29, 0.717) is 26.4 Å². The van der Waals surface area contributed by atoms with Gasteiger partial charge in [0.2, 0.25) is 0 Å². The fraction of sp³-hybridized carbons (Fsp3) is 0.238. The summed E-state index contributed by atoms with van der Waals surface area (Å²) >= 11 is 3.73. The van der Waals surface area contributed by atoms with Crippen molar-refractivity contribution in [3.8, 4) is 10.4 Å². The Morgan fingerprint density at radius 1 is 0.554 bits per heavy atom. The van der Waals surface area contributed by atoms with Crippen LogP contribution in [0.25, 0.3) is 41.8 Å². The second-order valence-corrected chi connectivity index (χ2v) is 26.4. The molecule has 2 aromatic heterocycles. The first-order chi connectivity index (χ1) is 45.2. The Hall–Kier alpha value is -8.44. The van der Waals surface area contributed by atoms with Crippen LogP contribution in [0.1, 0.15) is 115 Å². The summed E-state index contributed by atoms with van der Waals surface area (Å²) in [5.74, 6) is 0. The lowest BCUT2D eigenvalue weighted by atomic mass is 9.69. The van der Waals surface area contributed by atoms with Crippen LogP contribution in [0.2, 0.25) is 0 Å². The Morgan fingerprint density at radius 3 is 1.72 bits per heavy atom. The van der Waals surface area contributed by atoms with Crippen LogP contribution in [0.4, 0.5) is 34.1 Å². The average Bonchev–Trinajstić information content (AvgIpc) is 1.58. The average molecular weight is 1250 g/mol. The molecule has 0 bridgehead atoms. The molecule has 0 amide bonds. The van der Waals surface area contributed by atoms with Crippen molar-refractivity contribution in [3.05, 3.63) is 298 Å². The van der Waals surface area contributed by atoms with Gasteiger partial charge in [-0.15, -0.1) is 22.7 Å². The Morgan fingerprint density at radius 2 is 1.11 bits per heavy atom. The number of anilines is 6. The highest BCUT2D eigenvalue weighted by Gasteiger charge is 2.43. The molecule has 9 aromatic carbocycles. The van der Waals surface area contributed by atoms with Crippen LogP contribution >= 0.6 is 22.7 Å². The van der Waals surface area contributed by atoms with E-state index in [1.165, 1.54) is 80.0 Å². The van der Waals surface area contributed by atoms with Crippen molar-refractivity contribution in [1.82, 2.24) is 0 Å². The van der Waals surface area contributed by atoms with Crippen molar-refractivity contribution in [2.24, 2.45) is 0 Å². The molecule has 0 saturated carbocycles. The third kappa shape index (κ3) is 14.3. The number of fused-ring (bicyclic) bond motifs is 3. The van der Waals surface area contributed by atoms with Crippen molar-refractivity contribution in [2.45, 2.75) is 104 Å². The minimum atomic E-state index is -0.294. The Kier molecular flexibility index (Phi) is 20.7. The highest BCUT2D eigenvalue weighted by molar-refractivity contribution is 7.22. The molecular formula is C84H84N2O4S2. The van der Waals surface area contributed by atoms with Gasteiger partial charge in [0.15, 0.2) is 6.29 Å². The Balaban J connectivity index is 0.00000404. The summed E-state index contributed by atoms with van der Waals surface area (Å²) in [6.45, 7) is 17.4. The van der Waals surface area contributed by atoms with E-state index in [1.54, 1.807) is 0 Å². The van der Waals surface area contributed by atoms with Crippen molar-refractivity contribution in [3.63, 3.8) is 0 Å². The number of ether oxygens (including phenoxy) is 3. The van der Waals surface area contributed by atoms with Crippen molar-refractivity contribution in [2.75, 3.05) is 36.2 Å². The topological polar surface area (TPSA) is 54.4 Å². The minimum Gasteiger partial charge on any atom is -0.394 e. The number of rotatable bonds is 25. The summed E-state index contributed by atoms with van der Waals surface area (Å²) in [4.78, 5) is 7.21. The second kappa shape index (κ2) is 29.9. The van der Waals surface area contributed by atoms with Gasteiger partial charge in [-0.1, -0.05) is 161 Å². The number of nitrogens with zero attached hydrogens (tertiary/aromatic N) is 2. The van der Waals surface area contributed by atoms with Crippen molar-refractivity contribution in [1.29, 1.82) is 0 Å². The molecule has 1 aliphatic heterocycles. The van der Waals surface area contributed by atoms with Gasteiger partial charge in [-0.05, 0) is 240 Å². The first kappa shape index (κ1) is 63.7. The van der Waals surface area contributed by atoms with Gasteiger partial charge in [0.25, 0.3) is 0 Å². The molecule has 466 valence electrons. The third-order valence-corrected chi connectivity index (χ3v) is 20.3. The third-order valence-electron chi connectivity index (χ3n) is 18.0. The molecule has 0 spiro atoms. The van der Waals surface area contributed by atoms with Gasteiger partial charge in [-0.3, -0.25) is 0 Å². The van der Waals surface area contributed by atoms with E-state index in [2.05, 4.69) is 274 Å². The molecule has 1 N–H and O–H groups in total. The molecular weight excluding hydrogens is 1170 g/mol. The van der Waals surface area contributed by atoms with E-state index in [9.17, 15) is 5.11 Å². The predicted octanol–water partition coefficient (Wildman–Crippen LogP) is 23.0. The zero-order valence-corrected chi connectivity index (χ0v) is 55.5. The molecule has 1 saturated heterocycles. The number of unbranched alkanes of at least 4 members (excludes halogenated alkanes) is 2. The molecule has 1 fully saturated rings. The highest BCUT2D eigenvalue weighted by Crippen LogP contribution is 2.55. The lowest BCUT2D eigenvalue weighted by Gasteiger charge is -2.34. The summed E-state index contributed by atoms with van der Waals surface area (Å²) in [7, 11) is 0. The SMILES string of the molecule is C=C/C(=C\C1=C(C)c2ccc(-c3cc4cc(N(c5ccccc5)c5cccc(C)c5)ccc4s3)cc2C1(CCCCc1cccc(COCCO)c1)CCCCc1cccc(C2OCCO2)c1)c1cc2cc(N(c3ccccc3)c3cccc(C)c3)ccc2s1.CC. The van der Waals surface area contributed by atoms with Crippen LogP contribution < -0.4 is 9.80 Å². The summed E-state index contributed by atoms with van der Waals surface area (Å²) in [5.41, 5.74) is 21.7. The highest BCUT2D eigenvalue weighted by atomic mass is 32.1. The molecule has 0 radical (unpaired) electrons. The molecule has 3 heterocycles. The molecule has 13 rings (SSSR count). The van der Waals surface area contributed by atoms with E-state index >= 15 is 0 Å². The van der Waals surface area contributed by atoms with Gasteiger partial charge < -0.3 is 29.1 Å². The van der Waals surface area contributed by atoms with Gasteiger partial charge >= 0.3 is 0 Å². The molecule has 2 aliphatic rings. The number of aryl methyl sites for hydroxylation is 4. The van der Waals surface area contributed by atoms with Crippen LogP contribution in [-0.4, -0.2) is 31.5 Å². The quantitative estimate of drug-likeness (QED) is 0.0455. The van der Waals surface area contributed by atoms with Crippen molar-refractivity contribution < 1.29 is 19.3 Å². The van der Waals surface area contributed by atoms with Gasteiger partial charge in [0.1, 0.15) is 0 Å². The summed E-state index contributed by atoms with van der Waals surface area (Å²) in [6, 6.07) is 82.7. The maximum atomic E-state index is 9.42. The first-order valence-corrected chi connectivity index (χ1v) is 34.5. The number of hydrogen-bond acceptors (Lipinski definition) is 8. The number of benzene rings is 9. The molecule has 1 unspecified atom stereocenters. The Bertz CT molecular complexity index is 4380. The maximum absolute atomic E-state index is 9.42. The van der Waals surface area contributed by atoms with Crippen LogP contribution in [0, 0.1) is 13.8 Å². The van der Waals surface area contributed by atoms with E-state index in [4.69, 9.17) is 14.2 Å². The van der Waals surface area contributed by atoms with Crippen LogP contribution in [0.3, 0.4) is 0 Å². The minimum absolute atomic E-state index is 0.0196. The summed E-state index contributed by atoms with van der Waals surface area (Å²) in [5, 5.41) is 11.9. The molecule has 1 atom stereocenters. The number of para-hydroxylation sites is 2. The van der Waals surface area contributed by atoms with E-state index in [0.717, 1.165) is 102 Å². The Labute approximate surface area is 553 Å². The van der Waals surface area contributed by atoms with Crippen LogP contribution in [0.5, 0.6) is 0 Å². The lowest BCUT2D eigenvalue weighted by Crippen LogP contribution is -2.27. The largest absolute Gasteiger partial charge is 0.394 e. The number of allylic oxidation sites excluding steroid dienone is 5. The maximum Gasteiger partial charge on any atom is 0.184 e. The number of thiophene rings is 2. The van der Waals surface area contributed by atoms with Gasteiger partial charge in [0, 0.05) is 64.3 Å². The number of aliphatic hydroxyl groups is 1. The second-order valence-electron chi connectivity index (χ2n) is 24.2. The molecule has 1 aliphatic carbocycles. The van der Waals surface area contributed by atoms with Gasteiger partial charge in [-0.2, -0.15) is 0 Å². The van der Waals surface area contributed by atoms with Gasteiger partial charge in [-0.25, -0.2) is 0 Å².